The van der Waals surface area contributed by atoms with Crippen LogP contribution in [-0.2, 0) is 16.0 Å². The predicted molar refractivity (Wildman–Crippen MR) is 104 cm³/mol. The van der Waals surface area contributed by atoms with E-state index < -0.39 is 12.1 Å². The first-order chi connectivity index (χ1) is 13.1. The van der Waals surface area contributed by atoms with E-state index in [-0.39, 0.29) is 0 Å². The Morgan fingerprint density at radius 2 is 1.93 bits per heavy atom. The van der Waals surface area contributed by atoms with Crippen molar-refractivity contribution in [3.05, 3.63) is 72.5 Å². The third kappa shape index (κ3) is 4.57. The molecule has 1 N–H and O–H groups in total. The molecule has 0 fully saturated rings. The summed E-state index contributed by atoms with van der Waals surface area (Å²) in [7, 11) is 0. The fourth-order valence-corrected chi connectivity index (χ4v) is 2.85. The van der Waals surface area contributed by atoms with Gasteiger partial charge in [-0.05, 0) is 36.3 Å². The Labute approximate surface area is 157 Å². The van der Waals surface area contributed by atoms with Gasteiger partial charge in [0.2, 0.25) is 0 Å². The van der Waals surface area contributed by atoms with Crippen LogP contribution in [-0.4, -0.2) is 30.4 Å². The molecule has 5 nitrogen and oxygen atoms in total. The molecule has 0 spiro atoms. The van der Waals surface area contributed by atoms with E-state index >= 15 is 0 Å². The molecule has 2 aromatic carbocycles. The van der Waals surface area contributed by atoms with Crippen molar-refractivity contribution in [1.29, 1.82) is 0 Å². The van der Waals surface area contributed by atoms with Gasteiger partial charge in [-0.3, -0.25) is 0 Å². The molecule has 0 saturated heterocycles. The summed E-state index contributed by atoms with van der Waals surface area (Å²) >= 11 is 0. The monoisotopic (exact) mass is 366 g/mol. The van der Waals surface area contributed by atoms with E-state index in [1.807, 2.05) is 48.5 Å². The molecule has 5 heteroatoms. The van der Waals surface area contributed by atoms with Crippen LogP contribution in [0, 0.1) is 0 Å². The van der Waals surface area contributed by atoms with Crippen LogP contribution in [0.2, 0.25) is 0 Å². The fraction of sp³-hybridized carbons (Fsp3) is 0.227. The van der Waals surface area contributed by atoms with Gasteiger partial charge < -0.3 is 19.0 Å². The quantitative estimate of drug-likeness (QED) is 0.601. The summed E-state index contributed by atoms with van der Waals surface area (Å²) in [5.74, 6) is -0.267. The summed E-state index contributed by atoms with van der Waals surface area (Å²) < 4.78 is 16.6. The topological polar surface area (TPSA) is 68.9 Å². The average Bonchev–Trinajstić information content (AvgIpc) is 3.11. The van der Waals surface area contributed by atoms with Gasteiger partial charge in [0.05, 0.1) is 6.26 Å². The zero-order valence-electron chi connectivity index (χ0n) is 15.2. The normalized spacial score (nSPS) is 12.0. The van der Waals surface area contributed by atoms with Crippen molar-refractivity contribution in [1.82, 2.24) is 0 Å². The van der Waals surface area contributed by atoms with E-state index in [0.717, 1.165) is 27.7 Å². The molecule has 3 rings (SSSR count). The smallest absolute Gasteiger partial charge is 0.333 e. The van der Waals surface area contributed by atoms with Crippen molar-refractivity contribution in [3.63, 3.8) is 0 Å². The number of ether oxygens (including phenoxy) is 2. The van der Waals surface area contributed by atoms with Crippen LogP contribution in [0.4, 0.5) is 0 Å². The second kappa shape index (κ2) is 8.56. The maximum atomic E-state index is 11.2. The van der Waals surface area contributed by atoms with Gasteiger partial charge in [0.1, 0.15) is 17.9 Å². The highest BCUT2D eigenvalue weighted by Gasteiger charge is 2.17. The van der Waals surface area contributed by atoms with Gasteiger partial charge in [-0.2, -0.15) is 0 Å². The first-order valence-electron chi connectivity index (χ1n) is 8.79. The standard InChI is InChI=1S/C22H22O5/c1-3-25-21(22(23)24)12-16-8-10-17(11-9-16)26-13-15(2)19-14-27-20-7-5-4-6-18(19)20/h4-11,14,21H,2-3,12-13H2,1H3,(H,23,24)/t21-/m0/s1. The Bertz CT molecular complexity index is 923. The molecule has 1 atom stereocenters. The van der Waals surface area contributed by atoms with E-state index in [0.29, 0.717) is 25.4 Å². The lowest BCUT2D eigenvalue weighted by molar-refractivity contribution is -0.149. The second-order valence-corrected chi connectivity index (χ2v) is 6.17. The van der Waals surface area contributed by atoms with Gasteiger partial charge in [-0.25, -0.2) is 4.79 Å². The van der Waals surface area contributed by atoms with Crippen molar-refractivity contribution < 1.29 is 23.8 Å². The van der Waals surface area contributed by atoms with Gasteiger partial charge >= 0.3 is 5.97 Å². The summed E-state index contributed by atoms with van der Waals surface area (Å²) in [6, 6.07) is 15.1. The summed E-state index contributed by atoms with van der Waals surface area (Å²) in [5, 5.41) is 10.2. The van der Waals surface area contributed by atoms with Crippen LogP contribution in [0.1, 0.15) is 18.1 Å². The predicted octanol–water partition coefficient (Wildman–Crippen LogP) is 4.56. The van der Waals surface area contributed by atoms with Crippen molar-refractivity contribution in [2.75, 3.05) is 13.2 Å². The Kier molecular flexibility index (Phi) is 5.94. The third-order valence-electron chi connectivity index (χ3n) is 4.26. The minimum absolute atomic E-state index is 0.317. The van der Waals surface area contributed by atoms with E-state index in [1.54, 1.807) is 13.2 Å². The molecular formula is C22H22O5. The van der Waals surface area contributed by atoms with E-state index in [4.69, 9.17) is 19.0 Å². The molecule has 0 aliphatic carbocycles. The summed E-state index contributed by atoms with van der Waals surface area (Å²) in [4.78, 5) is 11.2. The van der Waals surface area contributed by atoms with Gasteiger partial charge in [-0.1, -0.05) is 36.9 Å². The number of carboxylic acids is 1. The molecule has 0 aliphatic heterocycles. The number of hydrogen-bond acceptors (Lipinski definition) is 4. The molecule has 0 aliphatic rings. The number of rotatable bonds is 9. The fourth-order valence-electron chi connectivity index (χ4n) is 2.85. The molecule has 27 heavy (non-hydrogen) atoms. The number of aliphatic carboxylic acids is 1. The highest BCUT2D eigenvalue weighted by atomic mass is 16.5. The number of fused-ring (bicyclic) bond motifs is 1. The lowest BCUT2D eigenvalue weighted by Crippen LogP contribution is -2.26. The van der Waals surface area contributed by atoms with Gasteiger partial charge in [-0.15, -0.1) is 0 Å². The Morgan fingerprint density at radius 3 is 2.63 bits per heavy atom. The minimum atomic E-state index is -0.958. The molecule has 0 amide bonds. The van der Waals surface area contributed by atoms with Crippen molar-refractivity contribution in [2.24, 2.45) is 0 Å². The molecule has 3 aromatic rings. The molecular weight excluding hydrogens is 344 g/mol. The minimum Gasteiger partial charge on any atom is -0.489 e. The number of carbonyl (C=O) groups is 1. The van der Waals surface area contributed by atoms with E-state index in [9.17, 15) is 4.79 Å². The lowest BCUT2D eigenvalue weighted by atomic mass is 10.1. The maximum absolute atomic E-state index is 11.2. The van der Waals surface area contributed by atoms with Crippen molar-refractivity contribution in [3.8, 4) is 5.75 Å². The Balaban J connectivity index is 1.60. The average molecular weight is 366 g/mol. The van der Waals surface area contributed by atoms with E-state index in [1.165, 1.54) is 0 Å². The summed E-state index contributed by atoms with van der Waals surface area (Å²) in [5.41, 5.74) is 3.46. The van der Waals surface area contributed by atoms with Crippen LogP contribution in [0.3, 0.4) is 0 Å². The second-order valence-electron chi connectivity index (χ2n) is 6.17. The van der Waals surface area contributed by atoms with Crippen LogP contribution in [0.15, 0.2) is 65.8 Å². The number of benzene rings is 2. The lowest BCUT2D eigenvalue weighted by Gasteiger charge is -2.13. The molecule has 1 aromatic heterocycles. The molecule has 140 valence electrons. The van der Waals surface area contributed by atoms with Crippen LogP contribution in [0.5, 0.6) is 5.75 Å². The number of hydrogen-bond donors (Lipinski definition) is 1. The molecule has 0 radical (unpaired) electrons. The van der Waals surface area contributed by atoms with Crippen LogP contribution < -0.4 is 4.74 Å². The van der Waals surface area contributed by atoms with Crippen molar-refractivity contribution >= 4 is 22.5 Å². The maximum Gasteiger partial charge on any atom is 0.333 e. The van der Waals surface area contributed by atoms with Gasteiger partial charge in [0, 0.05) is 24.0 Å². The number of carboxylic acid groups (broad SMARTS) is 1. The molecule has 0 bridgehead atoms. The Hall–Kier alpha value is -3.05. The molecule has 1 heterocycles. The Morgan fingerprint density at radius 1 is 1.19 bits per heavy atom. The van der Waals surface area contributed by atoms with Crippen LogP contribution in [0.25, 0.3) is 16.5 Å². The molecule has 0 unspecified atom stereocenters. The van der Waals surface area contributed by atoms with Gasteiger partial charge in [0.15, 0.2) is 6.10 Å². The third-order valence-corrected chi connectivity index (χ3v) is 4.26. The zero-order chi connectivity index (χ0) is 19.2. The number of para-hydroxylation sites is 1. The van der Waals surface area contributed by atoms with Crippen LogP contribution >= 0.6 is 0 Å². The molecule has 0 saturated carbocycles. The SMILES string of the molecule is C=C(COc1ccc(C[C@H](OCC)C(=O)O)cc1)c1coc2ccccc12. The number of furan rings is 1. The van der Waals surface area contributed by atoms with E-state index in [2.05, 4.69) is 6.58 Å². The zero-order valence-corrected chi connectivity index (χ0v) is 15.2. The first-order valence-corrected chi connectivity index (χ1v) is 8.79. The highest BCUT2D eigenvalue weighted by molar-refractivity contribution is 5.90. The highest BCUT2D eigenvalue weighted by Crippen LogP contribution is 2.26. The first kappa shape index (κ1) is 18.7. The summed E-state index contributed by atoms with van der Waals surface area (Å²) in [6.45, 7) is 6.57. The van der Waals surface area contributed by atoms with Crippen molar-refractivity contribution in [2.45, 2.75) is 19.4 Å². The largest absolute Gasteiger partial charge is 0.489 e. The summed E-state index contributed by atoms with van der Waals surface area (Å²) in [6.07, 6.45) is 1.17. The van der Waals surface area contributed by atoms with Gasteiger partial charge in [0.25, 0.3) is 0 Å².